The fourth-order valence-electron chi connectivity index (χ4n) is 2.82. The number of nitrogens with zero attached hydrogens (tertiary/aromatic N) is 2. The van der Waals surface area contributed by atoms with Gasteiger partial charge in [-0.15, -0.1) is 0 Å². The lowest BCUT2D eigenvalue weighted by molar-refractivity contribution is -0.150. The minimum Gasteiger partial charge on any atom is -0.493 e. The van der Waals surface area contributed by atoms with Crippen molar-refractivity contribution in [3.8, 4) is 11.5 Å². The van der Waals surface area contributed by atoms with Crippen molar-refractivity contribution in [2.45, 2.75) is 13.0 Å². The highest BCUT2D eigenvalue weighted by Crippen LogP contribution is 2.32. The molecule has 0 aliphatic carbocycles. The van der Waals surface area contributed by atoms with Gasteiger partial charge in [0, 0.05) is 26.2 Å². The van der Waals surface area contributed by atoms with Crippen molar-refractivity contribution in [2.75, 3.05) is 54.1 Å². The third kappa shape index (κ3) is 4.14. The fraction of sp³-hybridized carbons (Fsp3) is 0.588. The Kier molecular flexibility index (Phi) is 6.24. The molecule has 23 heavy (non-hydrogen) atoms. The minimum absolute atomic E-state index is 0.218. The Morgan fingerprint density at radius 1 is 1.13 bits per heavy atom. The zero-order valence-electron chi connectivity index (χ0n) is 14.4. The van der Waals surface area contributed by atoms with Gasteiger partial charge in [0.2, 0.25) is 0 Å². The summed E-state index contributed by atoms with van der Waals surface area (Å²) >= 11 is 0. The maximum atomic E-state index is 12.5. The van der Waals surface area contributed by atoms with Crippen LogP contribution in [0.3, 0.4) is 0 Å². The summed E-state index contributed by atoms with van der Waals surface area (Å²) in [5.74, 6) is 1.05. The van der Waals surface area contributed by atoms with Crippen LogP contribution >= 0.6 is 0 Å². The van der Waals surface area contributed by atoms with Gasteiger partial charge in [0.1, 0.15) is 6.04 Å². The molecule has 6 heteroatoms. The van der Waals surface area contributed by atoms with Gasteiger partial charge in [0.05, 0.1) is 20.8 Å². The predicted octanol–water partition coefficient (Wildman–Crippen LogP) is 1.56. The Labute approximate surface area is 137 Å². The van der Waals surface area contributed by atoms with E-state index in [2.05, 4.69) is 16.8 Å². The molecule has 0 radical (unpaired) electrons. The normalized spacial score (nSPS) is 17.6. The van der Waals surface area contributed by atoms with Crippen LogP contribution in [0.15, 0.2) is 18.2 Å². The van der Waals surface area contributed by atoms with Gasteiger partial charge in [0.25, 0.3) is 0 Å². The van der Waals surface area contributed by atoms with Gasteiger partial charge in [0.15, 0.2) is 11.5 Å². The van der Waals surface area contributed by atoms with E-state index in [1.165, 1.54) is 0 Å². The van der Waals surface area contributed by atoms with Crippen LogP contribution < -0.4 is 9.47 Å². The lowest BCUT2D eigenvalue weighted by Crippen LogP contribution is -2.48. The van der Waals surface area contributed by atoms with Crippen LogP contribution in [0, 0.1) is 0 Å². The zero-order valence-corrected chi connectivity index (χ0v) is 14.4. The van der Waals surface area contributed by atoms with E-state index in [0.29, 0.717) is 18.1 Å². The number of esters is 1. The fourth-order valence-corrected chi connectivity index (χ4v) is 2.82. The molecular formula is C17H26N2O4. The molecule has 128 valence electrons. The van der Waals surface area contributed by atoms with Gasteiger partial charge < -0.3 is 19.1 Å². The Morgan fingerprint density at radius 3 is 2.35 bits per heavy atom. The Bertz CT molecular complexity index is 527. The lowest BCUT2D eigenvalue weighted by Gasteiger charge is -2.37. The van der Waals surface area contributed by atoms with E-state index < -0.39 is 6.04 Å². The smallest absolute Gasteiger partial charge is 0.328 e. The molecule has 0 spiro atoms. The van der Waals surface area contributed by atoms with E-state index in [9.17, 15) is 4.79 Å². The average Bonchev–Trinajstić information content (AvgIpc) is 2.57. The van der Waals surface area contributed by atoms with Crippen molar-refractivity contribution in [3.63, 3.8) is 0 Å². The number of likely N-dealkylation sites (N-methyl/N-ethyl adjacent to an activating group) is 1. The maximum Gasteiger partial charge on any atom is 0.328 e. The van der Waals surface area contributed by atoms with Gasteiger partial charge in [-0.25, -0.2) is 4.79 Å². The highest BCUT2D eigenvalue weighted by Gasteiger charge is 2.31. The maximum absolute atomic E-state index is 12.5. The number of carbonyl (C=O) groups is 1. The first-order valence-corrected chi connectivity index (χ1v) is 7.91. The average molecular weight is 322 g/mol. The van der Waals surface area contributed by atoms with Crippen molar-refractivity contribution < 1.29 is 19.0 Å². The largest absolute Gasteiger partial charge is 0.493 e. The Balaban J connectivity index is 2.31. The van der Waals surface area contributed by atoms with Crippen LogP contribution in [0.25, 0.3) is 0 Å². The second kappa shape index (κ2) is 8.17. The molecule has 1 fully saturated rings. The number of hydrogen-bond donors (Lipinski definition) is 0. The third-order valence-electron chi connectivity index (χ3n) is 4.14. The molecule has 1 atom stereocenters. The summed E-state index contributed by atoms with van der Waals surface area (Å²) in [7, 11) is 5.28. The molecule has 1 aliphatic heterocycles. The number of ether oxygens (including phenoxy) is 3. The van der Waals surface area contributed by atoms with E-state index in [1.54, 1.807) is 14.2 Å². The molecule has 1 unspecified atom stereocenters. The number of hydrogen-bond acceptors (Lipinski definition) is 6. The first kappa shape index (κ1) is 17.6. The second-order valence-corrected chi connectivity index (χ2v) is 5.61. The molecule has 1 aromatic carbocycles. The van der Waals surface area contributed by atoms with Gasteiger partial charge in [-0.2, -0.15) is 0 Å². The zero-order chi connectivity index (χ0) is 16.8. The first-order valence-electron chi connectivity index (χ1n) is 7.91. The van der Waals surface area contributed by atoms with Crippen LogP contribution in [0.1, 0.15) is 18.5 Å². The van der Waals surface area contributed by atoms with Crippen LogP contribution in [0.5, 0.6) is 11.5 Å². The number of carbonyl (C=O) groups excluding carboxylic acids is 1. The van der Waals surface area contributed by atoms with Gasteiger partial charge in [-0.3, -0.25) is 4.90 Å². The minimum atomic E-state index is -0.413. The van der Waals surface area contributed by atoms with Crippen molar-refractivity contribution in [2.24, 2.45) is 0 Å². The number of benzene rings is 1. The quantitative estimate of drug-likeness (QED) is 0.741. The summed E-state index contributed by atoms with van der Waals surface area (Å²) < 4.78 is 15.9. The van der Waals surface area contributed by atoms with Crippen molar-refractivity contribution in [1.29, 1.82) is 0 Å². The molecule has 0 saturated carbocycles. The van der Waals surface area contributed by atoms with Crippen molar-refractivity contribution in [1.82, 2.24) is 9.80 Å². The van der Waals surface area contributed by atoms with Crippen LogP contribution in [0.2, 0.25) is 0 Å². The molecule has 2 rings (SSSR count). The molecule has 6 nitrogen and oxygen atoms in total. The molecular weight excluding hydrogens is 296 g/mol. The summed E-state index contributed by atoms with van der Waals surface area (Å²) in [5.41, 5.74) is 0.866. The van der Waals surface area contributed by atoms with Crippen molar-refractivity contribution >= 4 is 5.97 Å². The first-order chi connectivity index (χ1) is 11.1. The molecule has 1 heterocycles. The second-order valence-electron chi connectivity index (χ2n) is 5.61. The van der Waals surface area contributed by atoms with E-state index in [-0.39, 0.29) is 5.97 Å². The Morgan fingerprint density at radius 2 is 1.78 bits per heavy atom. The summed E-state index contributed by atoms with van der Waals surface area (Å²) in [4.78, 5) is 17.0. The highest BCUT2D eigenvalue weighted by molar-refractivity contribution is 5.78. The van der Waals surface area contributed by atoms with E-state index in [0.717, 1.165) is 31.7 Å². The third-order valence-corrected chi connectivity index (χ3v) is 4.14. The molecule has 1 aliphatic rings. The molecule has 0 N–H and O–H groups in total. The summed E-state index contributed by atoms with van der Waals surface area (Å²) in [6, 6.07) is 5.18. The number of piperazine rings is 1. The molecule has 0 aromatic heterocycles. The summed E-state index contributed by atoms with van der Waals surface area (Å²) in [6.07, 6.45) is 0. The molecule has 0 amide bonds. The monoisotopic (exact) mass is 322 g/mol. The number of rotatable bonds is 6. The molecule has 1 saturated heterocycles. The summed E-state index contributed by atoms with van der Waals surface area (Å²) in [5, 5.41) is 0. The molecule has 0 bridgehead atoms. The topological polar surface area (TPSA) is 51.2 Å². The van der Waals surface area contributed by atoms with E-state index >= 15 is 0 Å². The van der Waals surface area contributed by atoms with Crippen LogP contribution in [-0.2, 0) is 9.53 Å². The van der Waals surface area contributed by atoms with Gasteiger partial charge in [-0.1, -0.05) is 6.07 Å². The SMILES string of the molecule is CCOC(=O)C(c1ccc(OC)c(OC)c1)N1CCN(C)CC1. The van der Waals surface area contributed by atoms with Crippen molar-refractivity contribution in [3.05, 3.63) is 23.8 Å². The predicted molar refractivity (Wildman–Crippen MR) is 88.0 cm³/mol. The van der Waals surface area contributed by atoms with Crippen LogP contribution in [-0.4, -0.2) is 69.8 Å². The summed E-state index contributed by atoms with van der Waals surface area (Å²) in [6.45, 7) is 5.72. The van der Waals surface area contributed by atoms with E-state index in [4.69, 9.17) is 14.2 Å². The molecule has 1 aromatic rings. The van der Waals surface area contributed by atoms with E-state index in [1.807, 2.05) is 25.1 Å². The van der Waals surface area contributed by atoms with Crippen LogP contribution in [0.4, 0.5) is 0 Å². The van der Waals surface area contributed by atoms with Gasteiger partial charge >= 0.3 is 5.97 Å². The van der Waals surface area contributed by atoms with Gasteiger partial charge in [-0.05, 0) is 31.7 Å². The number of methoxy groups -OCH3 is 2. The Hall–Kier alpha value is -1.79. The highest BCUT2D eigenvalue weighted by atomic mass is 16.5. The standard InChI is InChI=1S/C17H26N2O4/c1-5-23-17(20)16(19-10-8-18(2)9-11-19)13-6-7-14(21-3)15(12-13)22-4/h6-7,12,16H,5,8-11H2,1-4H3. The lowest BCUT2D eigenvalue weighted by atomic mass is 10.0.